The largest absolute Gasteiger partial charge is 0.481 e. The van der Waals surface area contributed by atoms with E-state index in [1.807, 2.05) is 34.6 Å². The van der Waals surface area contributed by atoms with Gasteiger partial charge in [0.05, 0.1) is 10.8 Å². The average Bonchev–Trinajstić information content (AvgIpc) is 3.27. The van der Waals surface area contributed by atoms with E-state index in [0.29, 0.717) is 25.7 Å². The molecule has 5 heteroatoms. The van der Waals surface area contributed by atoms with Gasteiger partial charge in [-0.1, -0.05) is 27.7 Å². The molecule has 0 aromatic rings. The van der Waals surface area contributed by atoms with Gasteiger partial charge in [0.1, 0.15) is 5.78 Å². The number of ketones is 1. The first-order valence-corrected chi connectivity index (χ1v) is 7.83. The lowest BCUT2D eigenvalue weighted by molar-refractivity contribution is -0.159. The fraction of sp³-hybridized carbons (Fsp3) is 0.875. The van der Waals surface area contributed by atoms with Gasteiger partial charge in [0.25, 0.3) is 0 Å². The molecule has 1 saturated heterocycles. The molecule has 0 aromatic carbocycles. The molecule has 0 amide bonds. The van der Waals surface area contributed by atoms with E-state index in [4.69, 9.17) is 9.78 Å². The summed E-state index contributed by atoms with van der Waals surface area (Å²) in [4.78, 5) is 35.2. The van der Waals surface area contributed by atoms with Gasteiger partial charge in [-0.2, -0.15) is 9.78 Å². The summed E-state index contributed by atoms with van der Waals surface area (Å²) in [5.41, 5.74) is -1.89. The average molecular weight is 300 g/mol. The van der Waals surface area contributed by atoms with Crippen LogP contribution in [0, 0.1) is 16.7 Å². The van der Waals surface area contributed by atoms with Gasteiger partial charge in [0.15, 0.2) is 0 Å². The number of carboxylic acids is 1. The first-order chi connectivity index (χ1) is 9.69. The highest BCUT2D eigenvalue weighted by Crippen LogP contribution is 2.54. The van der Waals surface area contributed by atoms with Crippen molar-refractivity contribution in [2.24, 2.45) is 16.7 Å². The van der Waals surface area contributed by atoms with E-state index in [1.165, 1.54) is 0 Å². The van der Waals surface area contributed by atoms with Gasteiger partial charge >= 0.3 is 5.97 Å². The topological polar surface area (TPSA) is 79.4 Å². The molecule has 0 spiro atoms. The van der Waals surface area contributed by atoms with Crippen molar-refractivity contribution in [3.63, 3.8) is 0 Å². The predicted octanol–water partition coefficient (Wildman–Crippen LogP) is 3.57. The Labute approximate surface area is 126 Å². The van der Waals surface area contributed by atoms with Crippen molar-refractivity contribution < 1.29 is 24.5 Å². The van der Waals surface area contributed by atoms with E-state index in [9.17, 15) is 14.7 Å². The third kappa shape index (κ3) is 2.61. The lowest BCUT2D eigenvalue weighted by atomic mass is 9.62. The highest BCUT2D eigenvalue weighted by molar-refractivity contribution is 5.92. The minimum absolute atomic E-state index is 0.0707. The summed E-state index contributed by atoms with van der Waals surface area (Å²) in [6, 6.07) is 0. The molecule has 1 rings (SSSR count). The molecule has 1 N–H and O–H groups in total. The molecule has 0 aromatic heterocycles. The first kappa shape index (κ1) is 18.1. The second kappa shape index (κ2) is 6.05. The van der Waals surface area contributed by atoms with E-state index in [0.717, 1.165) is 0 Å². The fourth-order valence-corrected chi connectivity index (χ4v) is 3.23. The smallest absolute Gasteiger partial charge is 0.310 e. The van der Waals surface area contributed by atoms with E-state index in [1.54, 1.807) is 6.92 Å². The Hall–Kier alpha value is -0.940. The molecule has 122 valence electrons. The van der Waals surface area contributed by atoms with Crippen LogP contribution in [0.25, 0.3) is 0 Å². The van der Waals surface area contributed by atoms with Crippen LogP contribution in [0.3, 0.4) is 0 Å². The molecule has 0 aliphatic carbocycles. The SMILES string of the molecule is CCC(C(=O)C(C)(CC)C1(CC)OO1)C(C)(CC)C(=O)O. The van der Waals surface area contributed by atoms with Crippen LogP contribution in [0.15, 0.2) is 0 Å². The summed E-state index contributed by atoms with van der Waals surface area (Å²) in [5, 5.41) is 9.58. The van der Waals surface area contributed by atoms with Crippen molar-refractivity contribution in [1.82, 2.24) is 0 Å². The van der Waals surface area contributed by atoms with Crippen LogP contribution >= 0.6 is 0 Å². The molecule has 0 bridgehead atoms. The fourth-order valence-electron chi connectivity index (χ4n) is 3.23. The molecule has 5 nitrogen and oxygen atoms in total. The summed E-state index contributed by atoms with van der Waals surface area (Å²) in [5.74, 6) is -2.44. The number of carboxylic acid groups (broad SMARTS) is 1. The number of carbonyl (C=O) groups excluding carboxylic acids is 1. The zero-order valence-electron chi connectivity index (χ0n) is 14.0. The Balaban J connectivity index is 3.21. The maximum Gasteiger partial charge on any atom is 0.310 e. The molecule has 1 aliphatic rings. The first-order valence-electron chi connectivity index (χ1n) is 7.83. The molecule has 3 atom stereocenters. The molecule has 1 heterocycles. The standard InChI is InChI=1S/C16H28O5/c1-7-11(14(5,8-2)13(18)19)12(17)15(6,9-3)16(10-4)20-21-16/h11H,7-10H2,1-6H3,(H,18,19). The van der Waals surface area contributed by atoms with E-state index < -0.39 is 28.5 Å². The highest BCUT2D eigenvalue weighted by atomic mass is 17.4. The van der Waals surface area contributed by atoms with E-state index in [2.05, 4.69) is 0 Å². The molecule has 21 heavy (non-hydrogen) atoms. The van der Waals surface area contributed by atoms with Crippen molar-refractivity contribution in [1.29, 1.82) is 0 Å². The molecule has 3 unspecified atom stereocenters. The van der Waals surface area contributed by atoms with E-state index >= 15 is 0 Å². The number of carbonyl (C=O) groups is 2. The third-order valence-corrected chi connectivity index (χ3v) is 5.56. The summed E-state index contributed by atoms with van der Waals surface area (Å²) < 4.78 is 0. The van der Waals surface area contributed by atoms with Crippen LogP contribution in [0.1, 0.15) is 67.2 Å². The maximum atomic E-state index is 13.2. The Kier molecular flexibility index (Phi) is 5.22. The van der Waals surface area contributed by atoms with Crippen molar-refractivity contribution in [2.45, 2.75) is 73.0 Å². The Morgan fingerprint density at radius 2 is 1.62 bits per heavy atom. The van der Waals surface area contributed by atoms with Crippen molar-refractivity contribution in [3.8, 4) is 0 Å². The molecular weight excluding hydrogens is 272 g/mol. The van der Waals surface area contributed by atoms with Gasteiger partial charge in [0.2, 0.25) is 5.79 Å². The van der Waals surface area contributed by atoms with Crippen molar-refractivity contribution in [3.05, 3.63) is 0 Å². The molecule has 1 aliphatic heterocycles. The molecule has 0 saturated carbocycles. The monoisotopic (exact) mass is 300 g/mol. The number of hydrogen-bond donors (Lipinski definition) is 1. The molecular formula is C16H28O5. The Morgan fingerprint density at radius 3 is 1.86 bits per heavy atom. The summed E-state index contributed by atoms with van der Waals surface area (Å²) in [7, 11) is 0. The lowest BCUT2D eigenvalue weighted by Gasteiger charge is -2.38. The second-order valence-electron chi connectivity index (χ2n) is 6.36. The van der Waals surface area contributed by atoms with Crippen LogP contribution < -0.4 is 0 Å². The van der Waals surface area contributed by atoms with Gasteiger partial charge in [-0.05, 0) is 33.1 Å². The van der Waals surface area contributed by atoms with Gasteiger partial charge in [0, 0.05) is 12.3 Å². The highest BCUT2D eigenvalue weighted by Gasteiger charge is 2.66. The van der Waals surface area contributed by atoms with Crippen LogP contribution in [0.2, 0.25) is 0 Å². The van der Waals surface area contributed by atoms with Gasteiger partial charge < -0.3 is 5.11 Å². The minimum atomic E-state index is -1.06. The van der Waals surface area contributed by atoms with E-state index in [-0.39, 0.29) is 5.78 Å². The van der Waals surface area contributed by atoms with Crippen LogP contribution in [-0.4, -0.2) is 22.6 Å². The second-order valence-corrected chi connectivity index (χ2v) is 6.36. The summed E-state index contributed by atoms with van der Waals surface area (Å²) in [6.45, 7) is 11.0. The predicted molar refractivity (Wildman–Crippen MR) is 78.4 cm³/mol. The summed E-state index contributed by atoms with van der Waals surface area (Å²) in [6.07, 6.45) is 2.02. The van der Waals surface area contributed by atoms with Crippen molar-refractivity contribution >= 4 is 11.8 Å². The maximum absolute atomic E-state index is 13.2. The van der Waals surface area contributed by atoms with Gasteiger partial charge in [-0.15, -0.1) is 0 Å². The zero-order valence-corrected chi connectivity index (χ0v) is 14.0. The van der Waals surface area contributed by atoms with Crippen LogP contribution in [-0.2, 0) is 19.4 Å². The van der Waals surface area contributed by atoms with Crippen molar-refractivity contribution in [2.75, 3.05) is 0 Å². The summed E-state index contributed by atoms with van der Waals surface area (Å²) >= 11 is 0. The number of aliphatic carboxylic acids is 1. The van der Waals surface area contributed by atoms with Gasteiger partial charge in [-0.3, -0.25) is 9.59 Å². The third-order valence-electron chi connectivity index (χ3n) is 5.56. The zero-order chi connectivity index (χ0) is 16.5. The van der Waals surface area contributed by atoms with Gasteiger partial charge in [-0.25, -0.2) is 0 Å². The quantitative estimate of drug-likeness (QED) is 0.520. The van der Waals surface area contributed by atoms with Crippen LogP contribution in [0.5, 0.6) is 0 Å². The Bertz CT molecular complexity index is 415. The number of rotatable bonds is 9. The normalized spacial score (nSPS) is 23.7. The van der Waals surface area contributed by atoms with Crippen LogP contribution in [0.4, 0.5) is 0 Å². The molecule has 0 radical (unpaired) electrons. The minimum Gasteiger partial charge on any atom is -0.481 e. The number of hydrogen-bond acceptors (Lipinski definition) is 4. The number of Topliss-reactive ketones (excluding diaryl/α,β-unsaturated/α-hetero) is 1. The Morgan fingerprint density at radius 1 is 1.10 bits per heavy atom. The molecule has 1 fully saturated rings. The lowest BCUT2D eigenvalue weighted by Crippen LogP contribution is -2.50.